The van der Waals surface area contributed by atoms with E-state index in [1.165, 1.54) is 0 Å². The number of hydrogen-bond acceptors (Lipinski definition) is 7. The Bertz CT molecular complexity index is 676. The second-order valence-corrected chi connectivity index (χ2v) is 6.57. The van der Waals surface area contributed by atoms with Crippen LogP contribution in [0.25, 0.3) is 0 Å². The summed E-state index contributed by atoms with van der Waals surface area (Å²) in [5.74, 6) is 3.19. The van der Waals surface area contributed by atoms with Gasteiger partial charge in [0, 0.05) is 57.6 Å². The molecule has 1 unspecified atom stereocenters. The summed E-state index contributed by atoms with van der Waals surface area (Å²) < 4.78 is 7.52. The van der Waals surface area contributed by atoms with Crippen LogP contribution in [-0.4, -0.2) is 69.0 Å². The molecule has 25 heavy (non-hydrogen) atoms. The minimum atomic E-state index is 0.360. The number of ether oxygens (including phenoxy) is 1. The van der Waals surface area contributed by atoms with E-state index in [4.69, 9.17) is 14.8 Å². The molecule has 0 N–H and O–H groups in total. The Balaban J connectivity index is 1.38. The first-order valence-corrected chi connectivity index (χ1v) is 9.09. The molecule has 2 aromatic heterocycles. The van der Waals surface area contributed by atoms with Gasteiger partial charge in [-0.3, -0.25) is 4.90 Å². The van der Waals surface area contributed by atoms with Gasteiger partial charge in [0.15, 0.2) is 5.82 Å². The molecule has 4 heterocycles. The smallest absolute Gasteiger partial charge is 0.225 e. The van der Waals surface area contributed by atoms with Gasteiger partial charge in [-0.25, -0.2) is 19.6 Å². The van der Waals surface area contributed by atoms with Crippen molar-refractivity contribution < 1.29 is 4.74 Å². The topological polar surface area (TPSA) is 72.2 Å². The van der Waals surface area contributed by atoms with Crippen LogP contribution in [-0.2, 0) is 17.8 Å². The fraction of sp³-hybridized carbons (Fsp3) is 0.647. The Labute approximate surface area is 147 Å². The second kappa shape index (κ2) is 7.45. The molecule has 2 aromatic rings. The minimum absolute atomic E-state index is 0.360. The zero-order valence-corrected chi connectivity index (χ0v) is 14.7. The van der Waals surface area contributed by atoms with Gasteiger partial charge in [-0.05, 0) is 19.4 Å². The maximum atomic E-state index is 5.48. The standard InChI is InChI=1S/C17H25N7O/c1-2-24-15(20-16(21-24)14-4-11-25-13-14)12-22-7-9-23(10-8-22)17-18-5-3-6-19-17/h3,5-6,14H,2,4,7-13H2,1H3. The molecule has 2 aliphatic heterocycles. The monoisotopic (exact) mass is 343 g/mol. The van der Waals surface area contributed by atoms with Crippen LogP contribution in [0.15, 0.2) is 18.5 Å². The van der Waals surface area contributed by atoms with Crippen molar-refractivity contribution in [3.05, 3.63) is 30.1 Å². The van der Waals surface area contributed by atoms with E-state index in [0.29, 0.717) is 5.92 Å². The maximum Gasteiger partial charge on any atom is 0.225 e. The molecule has 0 aliphatic carbocycles. The molecule has 0 amide bonds. The Morgan fingerprint density at radius 1 is 1.16 bits per heavy atom. The van der Waals surface area contributed by atoms with Crippen molar-refractivity contribution >= 4 is 5.95 Å². The van der Waals surface area contributed by atoms with Crippen molar-refractivity contribution in [1.82, 2.24) is 29.6 Å². The van der Waals surface area contributed by atoms with E-state index in [2.05, 4.69) is 26.7 Å². The van der Waals surface area contributed by atoms with Gasteiger partial charge in [0.1, 0.15) is 5.82 Å². The van der Waals surface area contributed by atoms with Crippen LogP contribution >= 0.6 is 0 Å². The van der Waals surface area contributed by atoms with Crippen LogP contribution in [0.3, 0.4) is 0 Å². The van der Waals surface area contributed by atoms with Gasteiger partial charge in [-0.1, -0.05) is 0 Å². The van der Waals surface area contributed by atoms with E-state index < -0.39 is 0 Å². The van der Waals surface area contributed by atoms with Crippen LogP contribution in [0.1, 0.15) is 30.9 Å². The summed E-state index contributed by atoms with van der Waals surface area (Å²) in [7, 11) is 0. The number of nitrogens with zero attached hydrogens (tertiary/aromatic N) is 7. The van der Waals surface area contributed by atoms with Crippen LogP contribution in [0, 0.1) is 0 Å². The molecule has 2 fully saturated rings. The lowest BCUT2D eigenvalue weighted by molar-refractivity contribution is 0.193. The van der Waals surface area contributed by atoms with Crippen LogP contribution in [0.4, 0.5) is 5.95 Å². The molecule has 0 aromatic carbocycles. The highest BCUT2D eigenvalue weighted by atomic mass is 16.5. The average Bonchev–Trinajstić information content (AvgIpc) is 3.32. The molecule has 1 atom stereocenters. The zero-order valence-electron chi connectivity index (χ0n) is 14.7. The van der Waals surface area contributed by atoms with Gasteiger partial charge >= 0.3 is 0 Å². The van der Waals surface area contributed by atoms with E-state index >= 15 is 0 Å². The Morgan fingerprint density at radius 3 is 2.64 bits per heavy atom. The third-order valence-electron chi connectivity index (χ3n) is 4.93. The summed E-state index contributed by atoms with van der Waals surface area (Å²) in [6, 6.07) is 1.85. The Morgan fingerprint density at radius 2 is 1.96 bits per heavy atom. The summed E-state index contributed by atoms with van der Waals surface area (Å²) in [5.41, 5.74) is 0. The average molecular weight is 343 g/mol. The summed E-state index contributed by atoms with van der Waals surface area (Å²) in [5, 5.41) is 4.71. The van der Waals surface area contributed by atoms with Crippen LogP contribution in [0.2, 0.25) is 0 Å². The molecule has 2 aliphatic rings. The van der Waals surface area contributed by atoms with Crippen molar-refractivity contribution in [2.45, 2.75) is 32.4 Å². The fourth-order valence-corrected chi connectivity index (χ4v) is 3.44. The highest BCUT2D eigenvalue weighted by molar-refractivity contribution is 5.29. The predicted molar refractivity (Wildman–Crippen MR) is 93.4 cm³/mol. The lowest BCUT2D eigenvalue weighted by Crippen LogP contribution is -2.46. The van der Waals surface area contributed by atoms with Crippen molar-refractivity contribution in [3.63, 3.8) is 0 Å². The third kappa shape index (κ3) is 3.64. The number of aryl methyl sites for hydroxylation is 1. The third-order valence-corrected chi connectivity index (χ3v) is 4.93. The quantitative estimate of drug-likeness (QED) is 0.799. The minimum Gasteiger partial charge on any atom is -0.381 e. The second-order valence-electron chi connectivity index (χ2n) is 6.57. The van der Waals surface area contributed by atoms with E-state index in [1.807, 2.05) is 10.7 Å². The Hall–Kier alpha value is -2.06. The number of aromatic nitrogens is 5. The van der Waals surface area contributed by atoms with E-state index in [1.54, 1.807) is 12.4 Å². The van der Waals surface area contributed by atoms with Crippen molar-refractivity contribution in [2.24, 2.45) is 0 Å². The summed E-state index contributed by atoms with van der Waals surface area (Å²) >= 11 is 0. The molecule has 4 rings (SSSR count). The summed E-state index contributed by atoms with van der Waals surface area (Å²) in [6.07, 6.45) is 4.63. The molecule has 134 valence electrons. The van der Waals surface area contributed by atoms with Gasteiger partial charge in [-0.15, -0.1) is 0 Å². The first-order valence-electron chi connectivity index (χ1n) is 9.09. The first-order chi connectivity index (χ1) is 12.3. The number of piperazine rings is 1. The lowest BCUT2D eigenvalue weighted by Gasteiger charge is -2.34. The fourth-order valence-electron chi connectivity index (χ4n) is 3.44. The molecule has 0 spiro atoms. The van der Waals surface area contributed by atoms with Gasteiger partial charge in [0.25, 0.3) is 0 Å². The molecule has 8 heteroatoms. The van der Waals surface area contributed by atoms with Gasteiger partial charge in [-0.2, -0.15) is 5.10 Å². The summed E-state index contributed by atoms with van der Waals surface area (Å²) in [4.78, 5) is 18.2. The zero-order chi connectivity index (χ0) is 17.1. The van der Waals surface area contributed by atoms with Crippen molar-refractivity contribution in [3.8, 4) is 0 Å². The number of hydrogen-bond donors (Lipinski definition) is 0. The molecule has 8 nitrogen and oxygen atoms in total. The molecule has 0 saturated carbocycles. The van der Waals surface area contributed by atoms with E-state index in [-0.39, 0.29) is 0 Å². The Kier molecular flexibility index (Phi) is 4.89. The largest absolute Gasteiger partial charge is 0.381 e. The van der Waals surface area contributed by atoms with Gasteiger partial charge in [0.2, 0.25) is 5.95 Å². The number of rotatable bonds is 5. The SMILES string of the molecule is CCn1nc(C2CCOC2)nc1CN1CCN(c2ncccn2)CC1. The van der Waals surface area contributed by atoms with Crippen LogP contribution in [0.5, 0.6) is 0 Å². The van der Waals surface area contributed by atoms with Gasteiger partial charge < -0.3 is 9.64 Å². The highest BCUT2D eigenvalue weighted by Gasteiger charge is 2.25. The molecule has 0 bridgehead atoms. The normalized spacial score (nSPS) is 21.8. The molecular formula is C17H25N7O. The van der Waals surface area contributed by atoms with Crippen LogP contribution < -0.4 is 4.90 Å². The molecular weight excluding hydrogens is 318 g/mol. The molecule has 2 saturated heterocycles. The van der Waals surface area contributed by atoms with Crippen molar-refractivity contribution in [2.75, 3.05) is 44.3 Å². The van der Waals surface area contributed by atoms with Crippen molar-refractivity contribution in [1.29, 1.82) is 0 Å². The number of anilines is 1. The summed E-state index contributed by atoms with van der Waals surface area (Å²) in [6.45, 7) is 9.24. The lowest BCUT2D eigenvalue weighted by atomic mass is 10.1. The van der Waals surface area contributed by atoms with E-state index in [0.717, 1.165) is 76.5 Å². The first kappa shape index (κ1) is 16.4. The van der Waals surface area contributed by atoms with Gasteiger partial charge in [0.05, 0.1) is 13.2 Å². The predicted octanol–water partition coefficient (Wildman–Crippen LogP) is 0.914. The molecule has 0 radical (unpaired) electrons. The maximum absolute atomic E-state index is 5.48. The highest BCUT2D eigenvalue weighted by Crippen LogP contribution is 2.23. The van der Waals surface area contributed by atoms with E-state index in [9.17, 15) is 0 Å².